The molecule has 0 radical (unpaired) electrons. The van der Waals surface area contributed by atoms with Crippen LogP contribution in [0.2, 0.25) is 0 Å². The molecule has 0 aromatic heterocycles. The molecular formula is C9H18N2O. The first-order valence-electron chi connectivity index (χ1n) is 4.41. The molecule has 0 amide bonds. The second-order valence-corrected chi connectivity index (χ2v) is 3.26. The molecule has 70 valence electrons. The lowest BCUT2D eigenvalue weighted by Gasteiger charge is -2.34. The van der Waals surface area contributed by atoms with Gasteiger partial charge in [-0.15, -0.1) is 0 Å². The zero-order valence-electron chi connectivity index (χ0n) is 8.42. The first-order valence-corrected chi connectivity index (χ1v) is 4.41. The summed E-state index contributed by atoms with van der Waals surface area (Å²) in [5.41, 5.74) is 0. The molecule has 1 heterocycles. The van der Waals surface area contributed by atoms with Gasteiger partial charge < -0.3 is 14.5 Å². The fourth-order valence-electron chi connectivity index (χ4n) is 1.54. The molecule has 0 saturated carbocycles. The average molecular weight is 170 g/mol. The van der Waals surface area contributed by atoms with Gasteiger partial charge in [0.15, 0.2) is 0 Å². The molecule has 0 spiro atoms. The van der Waals surface area contributed by atoms with Crippen LogP contribution in [0, 0.1) is 0 Å². The Labute approximate surface area is 74.6 Å². The summed E-state index contributed by atoms with van der Waals surface area (Å²) in [6, 6.07) is 0. The van der Waals surface area contributed by atoms with Gasteiger partial charge in [0.25, 0.3) is 0 Å². The highest BCUT2D eigenvalue weighted by Crippen LogP contribution is 2.19. The third kappa shape index (κ3) is 1.65. The summed E-state index contributed by atoms with van der Waals surface area (Å²) in [4.78, 5) is 4.35. The molecule has 1 aliphatic heterocycles. The monoisotopic (exact) mass is 170 g/mol. The largest absolute Gasteiger partial charge is 0.492 e. The summed E-state index contributed by atoms with van der Waals surface area (Å²) in [7, 11) is 6.21. The Morgan fingerprint density at radius 3 is 2.58 bits per heavy atom. The van der Waals surface area contributed by atoms with Crippen molar-refractivity contribution in [1.82, 2.24) is 9.80 Å². The Hall–Kier alpha value is -0.860. The lowest BCUT2D eigenvalue weighted by molar-refractivity contribution is 0.108. The molecule has 0 aromatic rings. The quantitative estimate of drug-likeness (QED) is 0.617. The Balaban J connectivity index is 2.87. The Bertz CT molecular complexity index is 187. The topological polar surface area (TPSA) is 15.7 Å². The van der Waals surface area contributed by atoms with E-state index < -0.39 is 0 Å². The van der Waals surface area contributed by atoms with E-state index in [0.29, 0.717) is 0 Å². The van der Waals surface area contributed by atoms with Gasteiger partial charge in [0.2, 0.25) is 0 Å². The van der Waals surface area contributed by atoms with Crippen molar-refractivity contribution in [3.8, 4) is 0 Å². The molecular weight excluding hydrogens is 152 g/mol. The van der Waals surface area contributed by atoms with Gasteiger partial charge in [-0.25, -0.2) is 0 Å². The molecule has 0 unspecified atom stereocenters. The summed E-state index contributed by atoms with van der Waals surface area (Å²) in [6.07, 6.45) is 0.970. The summed E-state index contributed by atoms with van der Waals surface area (Å²) in [6.45, 7) is 3.92. The minimum atomic E-state index is 0.816. The Morgan fingerprint density at radius 1 is 1.50 bits per heavy atom. The molecule has 0 aliphatic carbocycles. The first kappa shape index (κ1) is 9.23. The third-order valence-corrected chi connectivity index (χ3v) is 2.06. The fraction of sp³-hybridized carbons (Fsp3) is 0.778. The lowest BCUT2D eigenvalue weighted by atomic mass is 10.3. The van der Waals surface area contributed by atoms with Crippen molar-refractivity contribution in [2.75, 3.05) is 34.3 Å². The molecule has 0 aromatic carbocycles. The first-order chi connectivity index (χ1) is 5.66. The van der Waals surface area contributed by atoms with Gasteiger partial charge in [-0.2, -0.15) is 0 Å². The van der Waals surface area contributed by atoms with Crippen LogP contribution in [0.5, 0.6) is 0 Å². The van der Waals surface area contributed by atoms with E-state index in [-0.39, 0.29) is 0 Å². The van der Waals surface area contributed by atoms with Crippen molar-refractivity contribution >= 4 is 0 Å². The molecule has 0 bridgehead atoms. The van der Waals surface area contributed by atoms with Gasteiger partial charge in [0.05, 0.1) is 6.54 Å². The number of hydrogen-bond acceptors (Lipinski definition) is 3. The zero-order chi connectivity index (χ0) is 9.14. The molecule has 0 N–H and O–H groups in total. The van der Waals surface area contributed by atoms with Gasteiger partial charge in [-0.1, -0.05) is 6.92 Å². The predicted molar refractivity (Wildman–Crippen MR) is 49.6 cm³/mol. The number of hydrogen-bond donors (Lipinski definition) is 0. The van der Waals surface area contributed by atoms with Gasteiger partial charge in [0.1, 0.15) is 18.2 Å². The van der Waals surface area contributed by atoms with E-state index in [9.17, 15) is 0 Å². The van der Waals surface area contributed by atoms with Crippen LogP contribution < -0.4 is 0 Å². The van der Waals surface area contributed by atoms with E-state index in [2.05, 4.69) is 37.9 Å². The van der Waals surface area contributed by atoms with Crippen molar-refractivity contribution in [1.29, 1.82) is 0 Å². The average Bonchev–Trinajstić information content (AvgIpc) is 2.03. The fourth-order valence-corrected chi connectivity index (χ4v) is 1.54. The van der Waals surface area contributed by atoms with Crippen LogP contribution in [0.15, 0.2) is 11.6 Å². The maximum atomic E-state index is 5.57. The lowest BCUT2D eigenvalue weighted by Crippen LogP contribution is -2.36. The van der Waals surface area contributed by atoms with E-state index in [1.807, 2.05) is 0 Å². The SMILES string of the molecule is CCC1=C(N(C)C)N(C)CCO1. The smallest absolute Gasteiger partial charge is 0.142 e. The number of likely N-dealkylation sites (N-methyl/N-ethyl adjacent to an activating group) is 1. The molecule has 3 heteroatoms. The van der Waals surface area contributed by atoms with Crippen molar-refractivity contribution in [3.63, 3.8) is 0 Å². The normalized spacial score (nSPS) is 17.8. The zero-order valence-corrected chi connectivity index (χ0v) is 8.42. The van der Waals surface area contributed by atoms with Gasteiger partial charge in [-0.05, 0) is 0 Å². The van der Waals surface area contributed by atoms with Crippen molar-refractivity contribution in [2.24, 2.45) is 0 Å². The van der Waals surface area contributed by atoms with E-state index in [1.165, 1.54) is 5.82 Å². The van der Waals surface area contributed by atoms with Crippen LogP contribution in [0.25, 0.3) is 0 Å². The molecule has 0 atom stereocenters. The van der Waals surface area contributed by atoms with Crippen molar-refractivity contribution in [2.45, 2.75) is 13.3 Å². The number of allylic oxidation sites excluding steroid dienone is 1. The molecule has 0 saturated heterocycles. The van der Waals surface area contributed by atoms with Crippen LogP contribution in [0.1, 0.15) is 13.3 Å². The van der Waals surface area contributed by atoms with E-state index >= 15 is 0 Å². The van der Waals surface area contributed by atoms with Crippen LogP contribution in [0.3, 0.4) is 0 Å². The molecule has 3 nitrogen and oxygen atoms in total. The van der Waals surface area contributed by atoms with Crippen LogP contribution in [-0.4, -0.2) is 44.1 Å². The standard InChI is InChI=1S/C9H18N2O/c1-5-8-9(10(2)3)11(4)6-7-12-8/h5-7H2,1-4H3. The van der Waals surface area contributed by atoms with Crippen LogP contribution in [-0.2, 0) is 4.74 Å². The van der Waals surface area contributed by atoms with E-state index in [0.717, 1.165) is 25.3 Å². The highest BCUT2D eigenvalue weighted by molar-refractivity contribution is 5.07. The summed E-state index contributed by atoms with van der Waals surface area (Å²) < 4.78 is 5.57. The third-order valence-electron chi connectivity index (χ3n) is 2.06. The molecule has 1 aliphatic rings. The number of ether oxygens (including phenoxy) is 1. The van der Waals surface area contributed by atoms with Gasteiger partial charge >= 0.3 is 0 Å². The minimum Gasteiger partial charge on any atom is -0.492 e. The van der Waals surface area contributed by atoms with Crippen molar-refractivity contribution < 1.29 is 4.74 Å². The van der Waals surface area contributed by atoms with Crippen LogP contribution >= 0.6 is 0 Å². The maximum absolute atomic E-state index is 5.57. The Kier molecular flexibility index (Phi) is 2.84. The molecule has 1 rings (SSSR count). The highest BCUT2D eigenvalue weighted by Gasteiger charge is 2.18. The minimum absolute atomic E-state index is 0.816. The number of rotatable bonds is 2. The number of nitrogens with zero attached hydrogens (tertiary/aromatic N) is 2. The summed E-state index contributed by atoms with van der Waals surface area (Å²) in [5, 5.41) is 0. The van der Waals surface area contributed by atoms with Gasteiger partial charge in [0, 0.05) is 27.6 Å². The highest BCUT2D eigenvalue weighted by atomic mass is 16.5. The van der Waals surface area contributed by atoms with E-state index in [4.69, 9.17) is 4.74 Å². The second kappa shape index (κ2) is 3.70. The molecule has 0 fully saturated rings. The summed E-state index contributed by atoms with van der Waals surface area (Å²) >= 11 is 0. The van der Waals surface area contributed by atoms with Crippen LogP contribution in [0.4, 0.5) is 0 Å². The van der Waals surface area contributed by atoms with E-state index in [1.54, 1.807) is 0 Å². The molecule has 12 heavy (non-hydrogen) atoms. The van der Waals surface area contributed by atoms with Gasteiger partial charge in [-0.3, -0.25) is 0 Å². The van der Waals surface area contributed by atoms with Crippen molar-refractivity contribution in [3.05, 3.63) is 11.6 Å². The Morgan fingerprint density at radius 2 is 2.17 bits per heavy atom. The maximum Gasteiger partial charge on any atom is 0.142 e. The second-order valence-electron chi connectivity index (χ2n) is 3.26. The predicted octanol–water partition coefficient (Wildman–Crippen LogP) is 1.09. The summed E-state index contributed by atoms with van der Waals surface area (Å²) in [5.74, 6) is 2.32.